The van der Waals surface area contributed by atoms with Crippen molar-refractivity contribution in [2.45, 2.75) is 6.42 Å². The molecule has 4 rings (SSSR count). The van der Waals surface area contributed by atoms with Crippen LogP contribution in [0.25, 0.3) is 11.1 Å². The molecule has 0 aliphatic heterocycles. The van der Waals surface area contributed by atoms with Crippen molar-refractivity contribution in [3.05, 3.63) is 120 Å². The number of carbonyl (C=O) groups excluding carboxylic acids is 1. The number of carbonyl (C=O) groups is 1. The monoisotopic (exact) mass is 394 g/mol. The lowest BCUT2D eigenvalue weighted by atomic mass is 10.0. The molecule has 0 aliphatic carbocycles. The van der Waals surface area contributed by atoms with Crippen molar-refractivity contribution in [1.29, 1.82) is 0 Å². The van der Waals surface area contributed by atoms with Gasteiger partial charge in [0.1, 0.15) is 11.5 Å². The summed E-state index contributed by atoms with van der Waals surface area (Å²) in [6, 6.07) is 34.7. The van der Waals surface area contributed by atoms with E-state index in [1.54, 1.807) is 30.3 Å². The first-order chi connectivity index (χ1) is 14.8. The van der Waals surface area contributed by atoms with E-state index >= 15 is 0 Å². The Labute approximate surface area is 176 Å². The zero-order valence-corrected chi connectivity index (χ0v) is 16.5. The van der Waals surface area contributed by atoms with Gasteiger partial charge in [0.2, 0.25) is 0 Å². The van der Waals surface area contributed by atoms with Gasteiger partial charge >= 0.3 is 5.97 Å². The van der Waals surface area contributed by atoms with E-state index in [9.17, 15) is 4.79 Å². The molecule has 0 fully saturated rings. The molecule has 4 aromatic rings. The summed E-state index contributed by atoms with van der Waals surface area (Å²) < 4.78 is 11.5. The molecule has 0 saturated carbocycles. The van der Waals surface area contributed by atoms with E-state index < -0.39 is 5.97 Å². The van der Waals surface area contributed by atoms with Gasteiger partial charge in [0.25, 0.3) is 0 Å². The maximum absolute atomic E-state index is 12.6. The number of esters is 1. The number of hydrogen-bond acceptors (Lipinski definition) is 3. The average molecular weight is 394 g/mol. The molecule has 0 N–H and O–H groups in total. The lowest BCUT2D eigenvalue weighted by Crippen LogP contribution is -2.09. The molecule has 0 bridgehead atoms. The Bertz CT molecular complexity index is 1090. The highest BCUT2D eigenvalue weighted by Crippen LogP contribution is 2.30. The zero-order valence-electron chi connectivity index (χ0n) is 16.5. The van der Waals surface area contributed by atoms with Crippen molar-refractivity contribution >= 4 is 5.97 Å². The van der Waals surface area contributed by atoms with Crippen LogP contribution in [0.2, 0.25) is 0 Å². The summed E-state index contributed by atoms with van der Waals surface area (Å²) in [6.07, 6.45) is 0.834. The van der Waals surface area contributed by atoms with Crippen molar-refractivity contribution in [3.8, 4) is 22.6 Å². The van der Waals surface area contributed by atoms with Crippen molar-refractivity contribution < 1.29 is 14.3 Å². The summed E-state index contributed by atoms with van der Waals surface area (Å²) in [6.45, 7) is 0.582. The second-order valence-corrected chi connectivity index (χ2v) is 6.86. The van der Waals surface area contributed by atoms with Gasteiger partial charge in [0, 0.05) is 12.0 Å². The number of para-hydroxylation sites is 1. The van der Waals surface area contributed by atoms with Gasteiger partial charge in [-0.25, -0.2) is 4.79 Å². The molecule has 30 heavy (non-hydrogen) atoms. The molecule has 3 nitrogen and oxygen atoms in total. The summed E-state index contributed by atoms with van der Waals surface area (Å²) >= 11 is 0. The predicted octanol–water partition coefficient (Wildman–Crippen LogP) is 6.19. The zero-order chi connectivity index (χ0) is 20.6. The molecule has 0 aromatic heterocycles. The van der Waals surface area contributed by atoms with Crippen LogP contribution in [0.15, 0.2) is 109 Å². The van der Waals surface area contributed by atoms with E-state index in [1.807, 2.05) is 66.7 Å². The maximum Gasteiger partial charge on any atom is 0.343 e. The second kappa shape index (κ2) is 9.57. The number of rotatable bonds is 7. The van der Waals surface area contributed by atoms with Crippen LogP contribution in [-0.4, -0.2) is 12.6 Å². The highest BCUT2D eigenvalue weighted by molar-refractivity contribution is 5.92. The summed E-state index contributed by atoms with van der Waals surface area (Å²) in [7, 11) is 0. The van der Waals surface area contributed by atoms with E-state index in [1.165, 1.54) is 5.56 Å². The van der Waals surface area contributed by atoms with E-state index in [4.69, 9.17) is 9.47 Å². The maximum atomic E-state index is 12.6. The predicted molar refractivity (Wildman–Crippen MR) is 119 cm³/mol. The third-order valence-corrected chi connectivity index (χ3v) is 4.77. The molecule has 0 atom stereocenters. The highest BCUT2D eigenvalue weighted by atomic mass is 16.5. The van der Waals surface area contributed by atoms with Gasteiger partial charge < -0.3 is 9.47 Å². The van der Waals surface area contributed by atoms with Crippen LogP contribution < -0.4 is 9.47 Å². The summed E-state index contributed by atoms with van der Waals surface area (Å²) in [5, 5.41) is 0. The molecule has 3 heteroatoms. The Hall–Kier alpha value is -3.85. The van der Waals surface area contributed by atoms with Gasteiger partial charge in [-0.15, -0.1) is 0 Å². The highest BCUT2D eigenvalue weighted by Gasteiger charge is 2.12. The van der Waals surface area contributed by atoms with E-state index in [0.29, 0.717) is 17.9 Å². The lowest BCUT2D eigenvalue weighted by Gasteiger charge is -2.11. The van der Waals surface area contributed by atoms with E-state index in [0.717, 1.165) is 23.3 Å². The fourth-order valence-corrected chi connectivity index (χ4v) is 3.19. The van der Waals surface area contributed by atoms with Crippen LogP contribution in [0.5, 0.6) is 11.5 Å². The Morgan fingerprint density at radius 1 is 0.667 bits per heavy atom. The average Bonchev–Trinajstić information content (AvgIpc) is 2.81. The van der Waals surface area contributed by atoms with Gasteiger partial charge in [-0.2, -0.15) is 0 Å². The Kier molecular flexibility index (Phi) is 6.21. The molecule has 148 valence electrons. The minimum atomic E-state index is -0.394. The fourth-order valence-electron chi connectivity index (χ4n) is 3.19. The third-order valence-electron chi connectivity index (χ3n) is 4.77. The smallest absolute Gasteiger partial charge is 0.343 e. The van der Waals surface area contributed by atoms with Gasteiger partial charge in [-0.05, 0) is 41.5 Å². The Morgan fingerprint density at radius 3 is 2.03 bits per heavy atom. The molecule has 0 aliphatic rings. The summed E-state index contributed by atoms with van der Waals surface area (Å²) in [5.74, 6) is 0.873. The van der Waals surface area contributed by atoms with Gasteiger partial charge in [-0.1, -0.05) is 78.9 Å². The first-order valence-electron chi connectivity index (χ1n) is 9.93. The lowest BCUT2D eigenvalue weighted by molar-refractivity contribution is 0.0735. The van der Waals surface area contributed by atoms with Crippen LogP contribution in [0.4, 0.5) is 0 Å². The van der Waals surface area contributed by atoms with Crippen molar-refractivity contribution in [2.24, 2.45) is 0 Å². The first-order valence-corrected chi connectivity index (χ1v) is 9.93. The van der Waals surface area contributed by atoms with Crippen molar-refractivity contribution in [3.63, 3.8) is 0 Å². The molecule has 4 aromatic carbocycles. The molecular formula is C27H22O3. The SMILES string of the molecule is O=C(Oc1ccccc1-c1ccccc1)c1ccc(OCCc2ccccc2)cc1. The summed E-state index contributed by atoms with van der Waals surface area (Å²) in [5.41, 5.74) is 3.60. The van der Waals surface area contributed by atoms with Crippen molar-refractivity contribution in [1.82, 2.24) is 0 Å². The quantitative estimate of drug-likeness (QED) is 0.277. The standard InChI is InChI=1S/C27H22O3/c28-27(30-26-14-8-7-13-25(26)22-11-5-2-6-12-22)23-15-17-24(18-16-23)29-20-19-21-9-3-1-4-10-21/h1-18H,19-20H2. The third kappa shape index (κ3) is 4.95. The Morgan fingerprint density at radius 2 is 1.30 bits per heavy atom. The van der Waals surface area contributed by atoms with Crippen LogP contribution in [-0.2, 0) is 6.42 Å². The normalized spacial score (nSPS) is 10.4. The summed E-state index contributed by atoms with van der Waals surface area (Å²) in [4.78, 5) is 12.6. The number of ether oxygens (including phenoxy) is 2. The van der Waals surface area contributed by atoms with Crippen molar-refractivity contribution in [2.75, 3.05) is 6.61 Å². The molecule has 0 unspecified atom stereocenters. The second-order valence-electron chi connectivity index (χ2n) is 6.86. The van der Waals surface area contributed by atoms with Gasteiger partial charge in [0.15, 0.2) is 0 Å². The van der Waals surface area contributed by atoms with E-state index in [2.05, 4.69) is 12.1 Å². The molecular weight excluding hydrogens is 372 g/mol. The first kappa shape index (κ1) is 19.5. The minimum absolute atomic E-state index is 0.394. The van der Waals surface area contributed by atoms with E-state index in [-0.39, 0.29) is 0 Å². The van der Waals surface area contributed by atoms with Gasteiger partial charge in [0.05, 0.1) is 12.2 Å². The van der Waals surface area contributed by atoms with Crippen LogP contribution in [0.3, 0.4) is 0 Å². The van der Waals surface area contributed by atoms with Crippen LogP contribution in [0, 0.1) is 0 Å². The molecule has 0 saturated heterocycles. The molecule has 0 amide bonds. The molecule has 0 heterocycles. The van der Waals surface area contributed by atoms with Crippen LogP contribution in [0.1, 0.15) is 15.9 Å². The number of benzene rings is 4. The van der Waals surface area contributed by atoms with Gasteiger partial charge in [-0.3, -0.25) is 0 Å². The fraction of sp³-hybridized carbons (Fsp3) is 0.0741. The largest absolute Gasteiger partial charge is 0.493 e. The topological polar surface area (TPSA) is 35.5 Å². The minimum Gasteiger partial charge on any atom is -0.493 e. The van der Waals surface area contributed by atoms with Crippen LogP contribution >= 0.6 is 0 Å². The number of hydrogen-bond donors (Lipinski definition) is 0. The molecule has 0 spiro atoms. The molecule has 0 radical (unpaired) electrons. The Balaban J connectivity index is 1.39.